The van der Waals surface area contributed by atoms with Gasteiger partial charge in [0.25, 0.3) is 11.8 Å². The van der Waals surface area contributed by atoms with Gasteiger partial charge in [-0.3, -0.25) is 9.59 Å². The van der Waals surface area contributed by atoms with Gasteiger partial charge in [-0.1, -0.05) is 41.9 Å². The molecular weight excluding hydrogens is 396 g/mol. The average molecular weight is 417 g/mol. The largest absolute Gasteiger partial charge is 0.496 e. The van der Waals surface area contributed by atoms with Crippen molar-refractivity contribution in [3.63, 3.8) is 0 Å². The van der Waals surface area contributed by atoms with Gasteiger partial charge in [0.15, 0.2) is 0 Å². The van der Waals surface area contributed by atoms with Crippen molar-refractivity contribution in [2.75, 3.05) is 24.2 Å². The number of rotatable bonds is 6. The summed E-state index contributed by atoms with van der Waals surface area (Å²) in [6.45, 7) is 2.81. The molecule has 2 aromatic rings. The number of thioether (sulfide) groups is 1. The molecular formula is C21H21ClN2O3S. The maximum Gasteiger partial charge on any atom is 0.265 e. The first-order valence-electron chi connectivity index (χ1n) is 8.94. The molecule has 0 saturated carbocycles. The average Bonchev–Trinajstić information content (AvgIpc) is 2.70. The number of allylic oxidation sites excluding steroid dienone is 1. The molecule has 0 aromatic heterocycles. The fourth-order valence-corrected chi connectivity index (χ4v) is 3.85. The number of hydrogen-bond donors (Lipinski definition) is 2. The maximum absolute atomic E-state index is 12.6. The predicted molar refractivity (Wildman–Crippen MR) is 114 cm³/mol. The molecule has 2 aromatic carbocycles. The number of nitrogens with one attached hydrogen (secondary N) is 2. The quantitative estimate of drug-likeness (QED) is 0.738. The highest BCUT2D eigenvalue weighted by atomic mass is 35.5. The molecule has 0 unspecified atom stereocenters. The molecule has 1 aliphatic heterocycles. The van der Waals surface area contributed by atoms with Gasteiger partial charge < -0.3 is 15.4 Å². The van der Waals surface area contributed by atoms with Crippen LogP contribution in [0.1, 0.15) is 22.8 Å². The molecule has 146 valence electrons. The Labute approximate surface area is 173 Å². The number of benzene rings is 2. The van der Waals surface area contributed by atoms with Crippen LogP contribution in [-0.4, -0.2) is 30.7 Å². The highest BCUT2D eigenvalue weighted by Crippen LogP contribution is 2.27. The van der Waals surface area contributed by atoms with Crippen molar-refractivity contribution in [3.05, 3.63) is 75.3 Å². The van der Waals surface area contributed by atoms with Crippen LogP contribution in [0.5, 0.6) is 0 Å². The summed E-state index contributed by atoms with van der Waals surface area (Å²) in [6.07, 6.45) is 0.625. The summed E-state index contributed by atoms with van der Waals surface area (Å²) in [5.41, 5.74) is 1.85. The zero-order chi connectivity index (χ0) is 19.9. The minimum atomic E-state index is -0.265. The van der Waals surface area contributed by atoms with E-state index >= 15 is 0 Å². The Balaban J connectivity index is 1.65. The summed E-state index contributed by atoms with van der Waals surface area (Å²) in [5, 5.41) is 6.40. The lowest BCUT2D eigenvalue weighted by molar-refractivity contribution is -0.112. The summed E-state index contributed by atoms with van der Waals surface area (Å²) < 4.78 is 5.44. The number of amides is 2. The van der Waals surface area contributed by atoms with Crippen molar-refractivity contribution in [2.24, 2.45) is 0 Å². The second-order valence-corrected chi connectivity index (χ2v) is 7.69. The van der Waals surface area contributed by atoms with Crippen LogP contribution in [0.4, 0.5) is 5.69 Å². The molecule has 7 heteroatoms. The van der Waals surface area contributed by atoms with E-state index in [2.05, 4.69) is 10.6 Å². The van der Waals surface area contributed by atoms with E-state index < -0.39 is 0 Å². The molecule has 2 N–H and O–H groups in total. The van der Waals surface area contributed by atoms with Crippen LogP contribution >= 0.6 is 23.4 Å². The van der Waals surface area contributed by atoms with Crippen LogP contribution in [-0.2, 0) is 16.0 Å². The van der Waals surface area contributed by atoms with E-state index in [-0.39, 0.29) is 11.8 Å². The first-order valence-corrected chi connectivity index (χ1v) is 10.3. The maximum atomic E-state index is 12.6. The first-order chi connectivity index (χ1) is 13.6. The molecule has 0 atom stereocenters. The van der Waals surface area contributed by atoms with E-state index in [1.165, 1.54) is 11.8 Å². The van der Waals surface area contributed by atoms with Gasteiger partial charge in [0.05, 0.1) is 17.9 Å². The van der Waals surface area contributed by atoms with E-state index in [4.69, 9.17) is 16.3 Å². The van der Waals surface area contributed by atoms with Crippen LogP contribution in [0.3, 0.4) is 0 Å². The van der Waals surface area contributed by atoms with Gasteiger partial charge in [-0.15, -0.1) is 11.8 Å². The number of para-hydroxylation sites is 1. The Morgan fingerprint density at radius 1 is 1.11 bits per heavy atom. The van der Waals surface area contributed by atoms with Crippen molar-refractivity contribution in [2.45, 2.75) is 13.3 Å². The summed E-state index contributed by atoms with van der Waals surface area (Å²) in [6, 6.07) is 14.5. The number of carbonyl (C=O) groups excluding carboxylic acids is 2. The molecule has 1 heterocycles. The number of halogens is 1. The highest BCUT2D eigenvalue weighted by molar-refractivity contribution is 8.04. The summed E-state index contributed by atoms with van der Waals surface area (Å²) >= 11 is 7.60. The van der Waals surface area contributed by atoms with Crippen LogP contribution < -0.4 is 10.6 Å². The van der Waals surface area contributed by atoms with E-state index in [9.17, 15) is 9.59 Å². The van der Waals surface area contributed by atoms with E-state index in [1.54, 1.807) is 31.2 Å². The third-order valence-corrected chi connectivity index (χ3v) is 5.73. The molecule has 1 aliphatic rings. The molecule has 3 rings (SSSR count). The Morgan fingerprint density at radius 2 is 1.86 bits per heavy atom. The Hall–Kier alpha value is -2.44. The molecule has 0 spiro atoms. The molecule has 2 amide bonds. The van der Waals surface area contributed by atoms with Gasteiger partial charge in [-0.25, -0.2) is 0 Å². The van der Waals surface area contributed by atoms with Gasteiger partial charge >= 0.3 is 0 Å². The SMILES string of the molecule is CC1=C(C(=O)Nc2ccccc2C(=O)NCCc2ccccc2Cl)SCCO1. The molecule has 5 nitrogen and oxygen atoms in total. The van der Waals surface area contributed by atoms with Crippen LogP contribution in [0.15, 0.2) is 59.2 Å². The van der Waals surface area contributed by atoms with Crippen molar-refractivity contribution in [3.8, 4) is 0 Å². The van der Waals surface area contributed by atoms with Crippen LogP contribution in [0.2, 0.25) is 5.02 Å². The first kappa shape index (κ1) is 20.3. The zero-order valence-electron chi connectivity index (χ0n) is 15.5. The number of hydrogen-bond acceptors (Lipinski definition) is 4. The van der Waals surface area contributed by atoms with Gasteiger partial charge in [0, 0.05) is 17.3 Å². The van der Waals surface area contributed by atoms with Gasteiger partial charge in [-0.2, -0.15) is 0 Å². The minimum Gasteiger partial charge on any atom is -0.496 e. The van der Waals surface area contributed by atoms with Crippen molar-refractivity contribution >= 4 is 40.9 Å². The molecule has 0 bridgehead atoms. The Kier molecular flexibility index (Phi) is 7.01. The van der Waals surface area contributed by atoms with Crippen molar-refractivity contribution in [1.82, 2.24) is 5.32 Å². The monoisotopic (exact) mass is 416 g/mol. The normalized spacial score (nSPS) is 13.6. The molecule has 0 saturated heterocycles. The molecule has 0 aliphatic carbocycles. The standard InChI is InChI=1S/C21H21ClN2O3S/c1-14-19(28-13-12-27-14)21(26)24-18-9-5-3-7-16(18)20(25)23-11-10-15-6-2-4-8-17(15)22/h2-9H,10-13H2,1H3,(H,23,25)(H,24,26). The predicted octanol–water partition coefficient (Wildman–Crippen LogP) is 4.25. The van der Waals surface area contributed by atoms with E-state index in [0.29, 0.717) is 46.5 Å². The fraction of sp³-hybridized carbons (Fsp3) is 0.238. The summed E-state index contributed by atoms with van der Waals surface area (Å²) in [4.78, 5) is 25.7. The number of anilines is 1. The second-order valence-electron chi connectivity index (χ2n) is 6.18. The highest BCUT2D eigenvalue weighted by Gasteiger charge is 2.20. The third-order valence-electron chi connectivity index (χ3n) is 4.23. The van der Waals surface area contributed by atoms with Crippen LogP contribution in [0, 0.1) is 0 Å². The van der Waals surface area contributed by atoms with Crippen molar-refractivity contribution in [1.29, 1.82) is 0 Å². The second kappa shape index (κ2) is 9.66. The van der Waals surface area contributed by atoms with Crippen molar-refractivity contribution < 1.29 is 14.3 Å². The minimum absolute atomic E-state index is 0.249. The van der Waals surface area contributed by atoms with Gasteiger partial charge in [-0.05, 0) is 37.1 Å². The lowest BCUT2D eigenvalue weighted by Gasteiger charge is -2.18. The van der Waals surface area contributed by atoms with Gasteiger partial charge in [0.2, 0.25) is 0 Å². The lowest BCUT2D eigenvalue weighted by Crippen LogP contribution is -2.27. The number of carbonyl (C=O) groups is 2. The summed E-state index contributed by atoms with van der Waals surface area (Å²) in [7, 11) is 0. The fourth-order valence-electron chi connectivity index (χ4n) is 2.81. The van der Waals surface area contributed by atoms with E-state index in [0.717, 1.165) is 11.3 Å². The third kappa shape index (κ3) is 5.09. The molecule has 0 radical (unpaired) electrons. The smallest absolute Gasteiger partial charge is 0.265 e. The molecule has 28 heavy (non-hydrogen) atoms. The topological polar surface area (TPSA) is 67.4 Å². The van der Waals surface area contributed by atoms with Crippen LogP contribution in [0.25, 0.3) is 0 Å². The number of ether oxygens (including phenoxy) is 1. The Morgan fingerprint density at radius 3 is 2.64 bits per heavy atom. The zero-order valence-corrected chi connectivity index (χ0v) is 17.0. The Bertz CT molecular complexity index is 914. The summed E-state index contributed by atoms with van der Waals surface area (Å²) in [5.74, 6) is 0.819. The lowest BCUT2D eigenvalue weighted by atomic mass is 10.1. The van der Waals surface area contributed by atoms with Gasteiger partial charge in [0.1, 0.15) is 10.7 Å². The van der Waals surface area contributed by atoms with E-state index in [1.807, 2.05) is 24.3 Å². The molecule has 0 fully saturated rings.